The van der Waals surface area contributed by atoms with Gasteiger partial charge in [-0.1, -0.05) is 30.3 Å². The highest BCUT2D eigenvalue weighted by Crippen LogP contribution is 2.19. The molecule has 3 nitrogen and oxygen atoms in total. The van der Waals surface area contributed by atoms with Crippen molar-refractivity contribution in [2.45, 2.75) is 36.4 Å². The average Bonchev–Trinajstić information content (AvgIpc) is 2.68. The predicted octanol–water partition coefficient (Wildman–Crippen LogP) is 3.53. The molecular weight excluding hydrogens is 347 g/mol. The first-order chi connectivity index (χ1) is 12.7. The lowest BCUT2D eigenvalue weighted by Crippen LogP contribution is -2.44. The summed E-state index contributed by atoms with van der Waals surface area (Å²) in [4.78, 5) is 3.48. The summed E-state index contributed by atoms with van der Waals surface area (Å²) in [5, 5.41) is 13.7. The van der Waals surface area contributed by atoms with Crippen LogP contribution in [-0.2, 0) is 6.54 Å². The van der Waals surface area contributed by atoms with E-state index in [9.17, 15) is 9.50 Å². The second kappa shape index (κ2) is 10.1. The van der Waals surface area contributed by atoms with Crippen LogP contribution in [0.15, 0.2) is 59.5 Å². The fraction of sp³-hybridized carbons (Fsp3) is 0.429. The Bertz CT molecular complexity index is 645. The van der Waals surface area contributed by atoms with Crippen LogP contribution in [0.3, 0.4) is 0 Å². The van der Waals surface area contributed by atoms with Crippen molar-refractivity contribution in [1.29, 1.82) is 0 Å². The topological polar surface area (TPSA) is 35.5 Å². The van der Waals surface area contributed by atoms with Crippen molar-refractivity contribution in [1.82, 2.24) is 10.2 Å². The number of nitrogens with zero attached hydrogens (tertiary/aromatic N) is 1. The van der Waals surface area contributed by atoms with Gasteiger partial charge in [-0.3, -0.25) is 4.90 Å². The summed E-state index contributed by atoms with van der Waals surface area (Å²) in [5.41, 5.74) is 1.37. The van der Waals surface area contributed by atoms with E-state index >= 15 is 0 Å². The van der Waals surface area contributed by atoms with Crippen LogP contribution in [0.2, 0.25) is 0 Å². The Morgan fingerprint density at radius 3 is 2.46 bits per heavy atom. The molecule has 1 heterocycles. The maximum Gasteiger partial charge on any atom is 0.123 e. The zero-order valence-corrected chi connectivity index (χ0v) is 15.8. The van der Waals surface area contributed by atoms with E-state index in [1.54, 1.807) is 23.9 Å². The summed E-state index contributed by atoms with van der Waals surface area (Å²) in [6.45, 7) is 3.81. The number of benzene rings is 2. The van der Waals surface area contributed by atoms with Crippen molar-refractivity contribution in [3.8, 4) is 0 Å². The molecule has 1 unspecified atom stereocenters. The van der Waals surface area contributed by atoms with Gasteiger partial charge in [0.2, 0.25) is 0 Å². The Morgan fingerprint density at radius 1 is 1.08 bits per heavy atom. The average molecular weight is 375 g/mol. The number of rotatable bonds is 8. The first-order valence-electron chi connectivity index (χ1n) is 9.25. The maximum atomic E-state index is 12.9. The number of likely N-dealkylation sites (tertiary alicyclic amines) is 1. The molecule has 140 valence electrons. The minimum absolute atomic E-state index is 0.227. The molecule has 0 saturated carbocycles. The molecule has 5 heteroatoms. The quantitative estimate of drug-likeness (QED) is 0.693. The Balaban J connectivity index is 1.31. The Hall–Kier alpha value is -1.40. The van der Waals surface area contributed by atoms with E-state index in [1.165, 1.54) is 17.7 Å². The second-order valence-electron chi connectivity index (χ2n) is 6.86. The van der Waals surface area contributed by atoms with Crippen molar-refractivity contribution < 1.29 is 9.50 Å². The van der Waals surface area contributed by atoms with Gasteiger partial charge in [-0.05, 0) is 55.8 Å². The van der Waals surface area contributed by atoms with E-state index < -0.39 is 6.10 Å². The van der Waals surface area contributed by atoms with Crippen molar-refractivity contribution in [2.75, 3.05) is 25.4 Å². The molecule has 0 bridgehead atoms. The molecule has 0 radical (unpaired) electrons. The summed E-state index contributed by atoms with van der Waals surface area (Å²) in [6.07, 6.45) is 1.84. The molecule has 1 atom stereocenters. The number of hydrogen-bond acceptors (Lipinski definition) is 4. The van der Waals surface area contributed by atoms with Crippen LogP contribution < -0.4 is 5.32 Å². The largest absolute Gasteiger partial charge is 0.391 e. The lowest BCUT2D eigenvalue weighted by molar-refractivity contribution is 0.161. The van der Waals surface area contributed by atoms with Crippen LogP contribution in [0.1, 0.15) is 18.4 Å². The second-order valence-corrected chi connectivity index (χ2v) is 7.96. The molecule has 2 N–H and O–H groups in total. The zero-order chi connectivity index (χ0) is 18.2. The molecule has 3 rings (SSSR count). The van der Waals surface area contributed by atoms with Crippen LogP contribution in [0, 0.1) is 5.82 Å². The molecule has 1 saturated heterocycles. The molecule has 0 spiro atoms. The molecule has 0 aliphatic carbocycles. The molecule has 2 aromatic rings. The van der Waals surface area contributed by atoms with Crippen LogP contribution in [-0.4, -0.2) is 47.5 Å². The lowest BCUT2D eigenvalue weighted by atomic mass is 10.0. The van der Waals surface area contributed by atoms with E-state index in [0.29, 0.717) is 18.3 Å². The molecule has 26 heavy (non-hydrogen) atoms. The third kappa shape index (κ3) is 6.40. The highest BCUT2D eigenvalue weighted by atomic mass is 32.2. The normalized spacial score (nSPS) is 17.3. The van der Waals surface area contributed by atoms with E-state index in [4.69, 9.17) is 0 Å². The predicted molar refractivity (Wildman–Crippen MR) is 106 cm³/mol. The molecule has 1 fully saturated rings. The van der Waals surface area contributed by atoms with E-state index in [2.05, 4.69) is 40.5 Å². The van der Waals surface area contributed by atoms with Gasteiger partial charge in [0.15, 0.2) is 0 Å². The minimum atomic E-state index is -0.396. The van der Waals surface area contributed by atoms with Crippen LogP contribution in [0.4, 0.5) is 4.39 Å². The van der Waals surface area contributed by atoms with Gasteiger partial charge in [0, 0.05) is 29.8 Å². The first kappa shape index (κ1) is 19.4. The fourth-order valence-electron chi connectivity index (χ4n) is 3.22. The first-order valence-corrected chi connectivity index (χ1v) is 10.2. The van der Waals surface area contributed by atoms with Crippen molar-refractivity contribution in [2.24, 2.45) is 0 Å². The number of aliphatic hydroxyl groups is 1. The standard InChI is InChI=1S/C21H27FN2OS/c22-18-6-8-21(9-7-18)26-16-20(25)14-23-19-10-12-24(13-11-19)15-17-4-2-1-3-5-17/h1-9,19-20,23,25H,10-16H2. The number of hydrogen-bond donors (Lipinski definition) is 2. The Labute approximate surface area is 159 Å². The minimum Gasteiger partial charge on any atom is -0.391 e. The van der Waals surface area contributed by atoms with Gasteiger partial charge in [-0.2, -0.15) is 0 Å². The number of aliphatic hydroxyl groups excluding tert-OH is 1. The van der Waals surface area contributed by atoms with Crippen LogP contribution in [0.25, 0.3) is 0 Å². The summed E-state index contributed by atoms with van der Waals surface area (Å²) >= 11 is 1.56. The lowest BCUT2D eigenvalue weighted by Gasteiger charge is -2.33. The number of nitrogens with one attached hydrogen (secondary N) is 1. The van der Waals surface area contributed by atoms with Crippen molar-refractivity contribution in [3.63, 3.8) is 0 Å². The van der Waals surface area contributed by atoms with Crippen molar-refractivity contribution >= 4 is 11.8 Å². The molecule has 2 aromatic carbocycles. The van der Waals surface area contributed by atoms with E-state index in [0.717, 1.165) is 37.4 Å². The van der Waals surface area contributed by atoms with Gasteiger partial charge in [-0.15, -0.1) is 11.8 Å². The number of piperidine rings is 1. The summed E-state index contributed by atoms with van der Waals surface area (Å²) in [6, 6.07) is 17.5. The monoisotopic (exact) mass is 374 g/mol. The van der Waals surface area contributed by atoms with Gasteiger partial charge in [0.05, 0.1) is 6.10 Å². The smallest absolute Gasteiger partial charge is 0.123 e. The van der Waals surface area contributed by atoms with Crippen molar-refractivity contribution in [3.05, 3.63) is 66.0 Å². The Kier molecular flexibility index (Phi) is 7.50. The SMILES string of the molecule is OC(CNC1CCN(Cc2ccccc2)CC1)CSc1ccc(F)cc1. The van der Waals surface area contributed by atoms with Gasteiger partial charge in [0.25, 0.3) is 0 Å². The molecule has 1 aliphatic rings. The molecule has 0 aromatic heterocycles. The number of thioether (sulfide) groups is 1. The highest BCUT2D eigenvalue weighted by Gasteiger charge is 2.19. The van der Waals surface area contributed by atoms with E-state index in [-0.39, 0.29) is 5.82 Å². The van der Waals surface area contributed by atoms with Gasteiger partial charge in [-0.25, -0.2) is 4.39 Å². The highest BCUT2D eigenvalue weighted by molar-refractivity contribution is 7.99. The Morgan fingerprint density at radius 2 is 1.77 bits per heavy atom. The fourth-order valence-corrected chi connectivity index (χ4v) is 4.05. The third-order valence-electron chi connectivity index (χ3n) is 4.73. The van der Waals surface area contributed by atoms with Crippen LogP contribution in [0.5, 0.6) is 0 Å². The summed E-state index contributed by atoms with van der Waals surface area (Å²) in [7, 11) is 0. The van der Waals surface area contributed by atoms with Gasteiger partial charge < -0.3 is 10.4 Å². The molecule has 1 aliphatic heterocycles. The molecular formula is C21H27FN2OS. The van der Waals surface area contributed by atoms with Gasteiger partial charge >= 0.3 is 0 Å². The maximum absolute atomic E-state index is 12.9. The zero-order valence-electron chi connectivity index (χ0n) is 15.0. The molecule has 0 amide bonds. The summed E-state index contributed by atoms with van der Waals surface area (Å²) in [5.74, 6) is 0.390. The number of halogens is 1. The van der Waals surface area contributed by atoms with E-state index in [1.807, 2.05) is 0 Å². The third-order valence-corrected chi connectivity index (χ3v) is 5.89. The summed E-state index contributed by atoms with van der Waals surface area (Å²) < 4.78 is 12.9. The van der Waals surface area contributed by atoms with Crippen LogP contribution >= 0.6 is 11.8 Å². The van der Waals surface area contributed by atoms with Gasteiger partial charge in [0.1, 0.15) is 5.82 Å².